The number of halogens is 1. The molecule has 1 rings (SSSR count). The van der Waals surface area contributed by atoms with Crippen molar-refractivity contribution in [2.24, 2.45) is 0 Å². The maximum Gasteiger partial charge on any atom is 0.123 e. The van der Waals surface area contributed by atoms with Gasteiger partial charge >= 0.3 is 0 Å². The van der Waals surface area contributed by atoms with Crippen molar-refractivity contribution in [1.82, 2.24) is 0 Å². The summed E-state index contributed by atoms with van der Waals surface area (Å²) < 4.78 is 12.4. The summed E-state index contributed by atoms with van der Waals surface area (Å²) in [6.07, 6.45) is 2.86. The van der Waals surface area contributed by atoms with Crippen molar-refractivity contribution in [3.63, 3.8) is 0 Å². The summed E-state index contributed by atoms with van der Waals surface area (Å²) >= 11 is 0. The molecule has 0 aliphatic heterocycles. The van der Waals surface area contributed by atoms with Crippen LogP contribution >= 0.6 is 0 Å². The standard InChI is InChI=1S/C10H9FO/c11-10-6-4-9(5-7-10)3-1-2-8-12/h2,4-7H,1,3H2. The predicted octanol–water partition coefficient (Wildman–Crippen LogP) is 2.15. The lowest BCUT2D eigenvalue weighted by atomic mass is 10.1. The van der Waals surface area contributed by atoms with Gasteiger partial charge in [-0.05, 0) is 30.5 Å². The van der Waals surface area contributed by atoms with E-state index in [1.54, 1.807) is 18.1 Å². The number of hydrogen-bond donors (Lipinski definition) is 0. The highest BCUT2D eigenvalue weighted by molar-refractivity contribution is 5.44. The van der Waals surface area contributed by atoms with Gasteiger partial charge in [0.1, 0.15) is 11.8 Å². The van der Waals surface area contributed by atoms with Crippen LogP contribution in [0.3, 0.4) is 0 Å². The Hall–Kier alpha value is -1.40. The van der Waals surface area contributed by atoms with E-state index in [2.05, 4.69) is 0 Å². The van der Waals surface area contributed by atoms with Gasteiger partial charge in [0.25, 0.3) is 0 Å². The Balaban J connectivity index is 2.53. The second-order valence-electron chi connectivity index (χ2n) is 2.49. The van der Waals surface area contributed by atoms with E-state index in [-0.39, 0.29) is 5.82 Å². The summed E-state index contributed by atoms with van der Waals surface area (Å²) in [6.45, 7) is 0. The van der Waals surface area contributed by atoms with Gasteiger partial charge in [0.15, 0.2) is 0 Å². The number of hydrogen-bond acceptors (Lipinski definition) is 1. The van der Waals surface area contributed by atoms with Gasteiger partial charge in [0, 0.05) is 6.08 Å². The van der Waals surface area contributed by atoms with Gasteiger partial charge in [-0.2, -0.15) is 0 Å². The minimum absolute atomic E-state index is 0.232. The molecular formula is C10H9FO. The molecule has 2 heteroatoms. The van der Waals surface area contributed by atoms with E-state index >= 15 is 0 Å². The first-order valence-electron chi connectivity index (χ1n) is 3.76. The maximum absolute atomic E-state index is 12.4. The van der Waals surface area contributed by atoms with Crippen LogP contribution in [-0.2, 0) is 11.2 Å². The average Bonchev–Trinajstić information content (AvgIpc) is 2.09. The quantitative estimate of drug-likeness (QED) is 0.625. The lowest BCUT2D eigenvalue weighted by molar-refractivity contribution is 0.568. The average molecular weight is 164 g/mol. The number of aryl methyl sites for hydroxylation is 1. The van der Waals surface area contributed by atoms with Crippen LogP contribution in [0, 0.1) is 5.82 Å². The summed E-state index contributed by atoms with van der Waals surface area (Å²) in [4.78, 5) is 9.81. The molecule has 0 heterocycles. The molecule has 0 unspecified atom stereocenters. The van der Waals surface area contributed by atoms with Crippen molar-refractivity contribution >= 4 is 5.94 Å². The summed E-state index contributed by atoms with van der Waals surface area (Å²) in [5.74, 6) is 1.47. The molecule has 0 aliphatic rings. The monoisotopic (exact) mass is 164 g/mol. The molecule has 0 radical (unpaired) electrons. The molecule has 0 bridgehead atoms. The zero-order chi connectivity index (χ0) is 8.81. The van der Waals surface area contributed by atoms with Crippen LogP contribution in [0.15, 0.2) is 30.3 Å². The molecule has 1 nitrogen and oxygen atoms in total. The van der Waals surface area contributed by atoms with Crippen LogP contribution in [0.25, 0.3) is 0 Å². The highest BCUT2D eigenvalue weighted by Gasteiger charge is 1.91. The molecule has 0 atom stereocenters. The second-order valence-corrected chi connectivity index (χ2v) is 2.49. The SMILES string of the molecule is O=C=CCCc1ccc(F)cc1. The van der Waals surface area contributed by atoms with Crippen LogP contribution in [0.1, 0.15) is 12.0 Å². The molecule has 0 aliphatic carbocycles. The molecule has 0 aromatic heterocycles. The third kappa shape index (κ3) is 2.69. The van der Waals surface area contributed by atoms with Crippen molar-refractivity contribution in [2.75, 3.05) is 0 Å². The zero-order valence-corrected chi connectivity index (χ0v) is 6.59. The van der Waals surface area contributed by atoms with Gasteiger partial charge < -0.3 is 0 Å². The van der Waals surface area contributed by atoms with Gasteiger partial charge in [-0.25, -0.2) is 9.18 Å². The number of benzene rings is 1. The van der Waals surface area contributed by atoms with Crippen LogP contribution in [0.4, 0.5) is 4.39 Å². The molecule has 12 heavy (non-hydrogen) atoms. The Morgan fingerprint density at radius 3 is 2.58 bits per heavy atom. The van der Waals surface area contributed by atoms with Crippen molar-refractivity contribution in [2.45, 2.75) is 12.8 Å². The van der Waals surface area contributed by atoms with E-state index < -0.39 is 0 Å². The topological polar surface area (TPSA) is 17.1 Å². The smallest absolute Gasteiger partial charge is 0.123 e. The molecule has 0 spiro atoms. The first-order valence-corrected chi connectivity index (χ1v) is 3.76. The van der Waals surface area contributed by atoms with Crippen LogP contribution < -0.4 is 0 Å². The molecule has 62 valence electrons. The molecule has 0 N–H and O–H groups in total. The second kappa shape index (κ2) is 4.47. The van der Waals surface area contributed by atoms with Gasteiger partial charge in [-0.1, -0.05) is 12.1 Å². The van der Waals surface area contributed by atoms with Gasteiger partial charge in [-0.15, -0.1) is 0 Å². The summed E-state index contributed by atoms with van der Waals surface area (Å²) in [5, 5.41) is 0. The van der Waals surface area contributed by atoms with E-state index in [0.717, 1.165) is 12.0 Å². The van der Waals surface area contributed by atoms with Crippen LogP contribution in [-0.4, -0.2) is 5.94 Å². The van der Waals surface area contributed by atoms with E-state index in [1.165, 1.54) is 18.2 Å². The van der Waals surface area contributed by atoms with E-state index in [0.29, 0.717) is 6.42 Å². The minimum atomic E-state index is -0.232. The fourth-order valence-corrected chi connectivity index (χ4v) is 0.949. The number of rotatable bonds is 3. The first-order chi connectivity index (χ1) is 5.83. The highest BCUT2D eigenvalue weighted by Crippen LogP contribution is 2.04. The van der Waals surface area contributed by atoms with E-state index in [4.69, 9.17) is 0 Å². The predicted molar refractivity (Wildman–Crippen MR) is 45.0 cm³/mol. The molecule has 0 saturated carbocycles. The summed E-state index contributed by atoms with van der Waals surface area (Å²) in [5.41, 5.74) is 1.03. The van der Waals surface area contributed by atoms with Crippen molar-refractivity contribution in [3.8, 4) is 0 Å². The Bertz CT molecular complexity index is 283. The minimum Gasteiger partial charge on any atom is -0.234 e. The zero-order valence-electron chi connectivity index (χ0n) is 6.59. The van der Waals surface area contributed by atoms with Gasteiger partial charge in [0.2, 0.25) is 0 Å². The Labute approximate surface area is 70.5 Å². The van der Waals surface area contributed by atoms with E-state index in [9.17, 15) is 9.18 Å². The third-order valence-corrected chi connectivity index (χ3v) is 1.57. The van der Waals surface area contributed by atoms with E-state index in [1.807, 2.05) is 0 Å². The number of allylic oxidation sites excluding steroid dienone is 1. The largest absolute Gasteiger partial charge is 0.234 e. The molecule has 1 aromatic rings. The van der Waals surface area contributed by atoms with Gasteiger partial charge in [-0.3, -0.25) is 0 Å². The maximum atomic E-state index is 12.4. The fraction of sp³-hybridized carbons (Fsp3) is 0.200. The van der Waals surface area contributed by atoms with Crippen molar-refractivity contribution in [1.29, 1.82) is 0 Å². The fourth-order valence-electron chi connectivity index (χ4n) is 0.949. The first kappa shape index (κ1) is 8.69. The summed E-state index contributed by atoms with van der Waals surface area (Å²) in [6, 6.07) is 6.27. The molecule has 0 saturated heterocycles. The summed E-state index contributed by atoms with van der Waals surface area (Å²) in [7, 11) is 0. The third-order valence-electron chi connectivity index (χ3n) is 1.57. The highest BCUT2D eigenvalue weighted by atomic mass is 19.1. The molecule has 0 fully saturated rings. The Kier molecular flexibility index (Phi) is 3.24. The molecule has 1 aromatic carbocycles. The van der Waals surface area contributed by atoms with Crippen molar-refractivity contribution < 1.29 is 9.18 Å². The molecular weight excluding hydrogens is 155 g/mol. The normalized spacial score (nSPS) is 9.08. The van der Waals surface area contributed by atoms with Gasteiger partial charge in [0.05, 0.1) is 0 Å². The van der Waals surface area contributed by atoms with Crippen molar-refractivity contribution in [3.05, 3.63) is 41.7 Å². The lowest BCUT2D eigenvalue weighted by Gasteiger charge is -1.95. The Morgan fingerprint density at radius 2 is 2.00 bits per heavy atom. The molecule has 0 amide bonds. The Morgan fingerprint density at radius 1 is 1.33 bits per heavy atom. The number of carbonyl (C=O) groups excluding carboxylic acids is 1. The lowest BCUT2D eigenvalue weighted by Crippen LogP contribution is -1.83. The van der Waals surface area contributed by atoms with Crippen LogP contribution in [0.5, 0.6) is 0 Å². The van der Waals surface area contributed by atoms with Crippen LogP contribution in [0.2, 0.25) is 0 Å².